The maximum absolute atomic E-state index is 11.8. The van der Waals surface area contributed by atoms with E-state index in [2.05, 4.69) is 17.2 Å². The number of thiazole rings is 1. The third kappa shape index (κ3) is 5.26. The minimum atomic E-state index is -1.05. The van der Waals surface area contributed by atoms with Crippen molar-refractivity contribution in [2.45, 2.75) is 39.2 Å². The van der Waals surface area contributed by atoms with E-state index < -0.39 is 5.97 Å². The van der Waals surface area contributed by atoms with Crippen molar-refractivity contribution in [3.8, 4) is 0 Å². The van der Waals surface area contributed by atoms with E-state index in [-0.39, 0.29) is 17.6 Å². The topological polar surface area (TPSA) is 105 Å². The van der Waals surface area contributed by atoms with E-state index in [1.165, 1.54) is 16.7 Å². The minimum Gasteiger partial charge on any atom is -0.476 e. The lowest BCUT2D eigenvalue weighted by atomic mass is 10.0. The second-order valence-electron chi connectivity index (χ2n) is 4.89. The Morgan fingerprint density at radius 1 is 1.45 bits per heavy atom. The van der Waals surface area contributed by atoms with Gasteiger partial charge in [-0.15, -0.1) is 11.3 Å². The quantitative estimate of drug-likeness (QED) is 0.678. The zero-order valence-electron chi connectivity index (χ0n) is 11.8. The molecule has 0 fully saturated rings. The van der Waals surface area contributed by atoms with Crippen molar-refractivity contribution >= 4 is 23.2 Å². The summed E-state index contributed by atoms with van der Waals surface area (Å²) in [5.74, 6) is -0.672. The molecule has 2 unspecified atom stereocenters. The van der Waals surface area contributed by atoms with Crippen LogP contribution in [0.5, 0.6) is 0 Å². The normalized spacial score (nSPS) is 13.8. The first kappa shape index (κ1) is 16.6. The summed E-state index contributed by atoms with van der Waals surface area (Å²) in [5.41, 5.74) is 5.48. The van der Waals surface area contributed by atoms with E-state index in [0.29, 0.717) is 23.9 Å². The molecule has 0 aliphatic rings. The summed E-state index contributed by atoms with van der Waals surface area (Å²) >= 11 is 1.24. The van der Waals surface area contributed by atoms with E-state index >= 15 is 0 Å². The molecule has 0 aromatic carbocycles. The molecule has 0 radical (unpaired) electrons. The Morgan fingerprint density at radius 3 is 2.70 bits per heavy atom. The number of nitrogens with zero attached hydrogens (tertiary/aromatic N) is 1. The summed E-state index contributed by atoms with van der Waals surface area (Å²) in [4.78, 5) is 26.5. The van der Waals surface area contributed by atoms with Crippen LogP contribution in [0.2, 0.25) is 0 Å². The maximum atomic E-state index is 11.8. The lowest BCUT2D eigenvalue weighted by molar-refractivity contribution is -0.122. The number of nitrogens with two attached hydrogens (primary N) is 1. The zero-order chi connectivity index (χ0) is 15.1. The number of hydrogen-bond donors (Lipinski definition) is 3. The molecule has 0 saturated carbocycles. The smallest absolute Gasteiger partial charge is 0.355 e. The predicted molar refractivity (Wildman–Crippen MR) is 77.7 cm³/mol. The van der Waals surface area contributed by atoms with Crippen molar-refractivity contribution in [3.05, 3.63) is 16.1 Å². The van der Waals surface area contributed by atoms with Gasteiger partial charge >= 0.3 is 5.97 Å². The van der Waals surface area contributed by atoms with E-state index in [1.807, 2.05) is 0 Å². The van der Waals surface area contributed by atoms with Gasteiger partial charge in [-0.25, -0.2) is 9.78 Å². The molecule has 0 bridgehead atoms. The standard InChI is InChI=1S/C13H21N3O3S/c1-8(5-6-14)3-4-11(17)15-9(2)12-16-10(7-20-12)13(18)19/h7-9H,3-6,14H2,1-2H3,(H,15,17)(H,18,19). The first-order chi connectivity index (χ1) is 9.43. The summed E-state index contributed by atoms with van der Waals surface area (Å²) in [5, 5.41) is 13.7. The maximum Gasteiger partial charge on any atom is 0.355 e. The van der Waals surface area contributed by atoms with Crippen LogP contribution in [0.25, 0.3) is 0 Å². The first-order valence-electron chi connectivity index (χ1n) is 6.62. The van der Waals surface area contributed by atoms with Crippen LogP contribution in [-0.4, -0.2) is 28.5 Å². The molecule has 4 N–H and O–H groups in total. The zero-order valence-corrected chi connectivity index (χ0v) is 12.6. The highest BCUT2D eigenvalue weighted by Gasteiger charge is 2.16. The molecule has 1 aromatic heterocycles. The molecule has 1 rings (SSSR count). The number of carboxylic acid groups (broad SMARTS) is 1. The summed E-state index contributed by atoms with van der Waals surface area (Å²) < 4.78 is 0. The number of carbonyl (C=O) groups is 2. The van der Waals surface area contributed by atoms with E-state index in [0.717, 1.165) is 12.8 Å². The van der Waals surface area contributed by atoms with Gasteiger partial charge in [-0.1, -0.05) is 6.92 Å². The number of aromatic nitrogens is 1. The van der Waals surface area contributed by atoms with Crippen molar-refractivity contribution < 1.29 is 14.7 Å². The molecular weight excluding hydrogens is 278 g/mol. The van der Waals surface area contributed by atoms with Gasteiger partial charge in [0.1, 0.15) is 5.01 Å². The Balaban J connectivity index is 2.42. The molecule has 1 aromatic rings. The summed E-state index contributed by atoms with van der Waals surface area (Å²) in [6, 6.07) is -0.273. The summed E-state index contributed by atoms with van der Waals surface area (Å²) in [6.07, 6.45) is 2.16. The number of carboxylic acids is 1. The third-order valence-corrected chi connectivity index (χ3v) is 4.04. The van der Waals surface area contributed by atoms with Gasteiger partial charge in [0.15, 0.2) is 5.69 Å². The average molecular weight is 299 g/mol. The number of nitrogens with one attached hydrogen (secondary N) is 1. The summed E-state index contributed by atoms with van der Waals surface area (Å²) in [7, 11) is 0. The largest absolute Gasteiger partial charge is 0.476 e. The fourth-order valence-electron chi connectivity index (χ4n) is 1.77. The lowest BCUT2D eigenvalue weighted by Gasteiger charge is -2.13. The minimum absolute atomic E-state index is 0.0164. The number of amides is 1. The van der Waals surface area contributed by atoms with E-state index in [1.54, 1.807) is 6.92 Å². The molecule has 0 spiro atoms. The Hall–Kier alpha value is -1.47. The van der Waals surface area contributed by atoms with Gasteiger partial charge in [-0.2, -0.15) is 0 Å². The molecular formula is C13H21N3O3S. The second-order valence-corrected chi connectivity index (χ2v) is 5.78. The van der Waals surface area contributed by atoms with Crippen molar-refractivity contribution in [1.82, 2.24) is 10.3 Å². The number of hydrogen-bond acceptors (Lipinski definition) is 5. The molecule has 112 valence electrons. The molecule has 1 heterocycles. The van der Waals surface area contributed by atoms with Crippen LogP contribution in [0.15, 0.2) is 5.38 Å². The van der Waals surface area contributed by atoms with Gasteiger partial charge in [0, 0.05) is 11.8 Å². The average Bonchev–Trinajstić information content (AvgIpc) is 2.86. The molecule has 6 nitrogen and oxygen atoms in total. The predicted octanol–water partition coefficient (Wildman–Crippen LogP) is 1.78. The molecule has 0 aliphatic carbocycles. The highest BCUT2D eigenvalue weighted by molar-refractivity contribution is 7.09. The molecule has 0 saturated heterocycles. The molecule has 20 heavy (non-hydrogen) atoms. The van der Waals surface area contributed by atoms with Gasteiger partial charge < -0.3 is 16.2 Å². The highest BCUT2D eigenvalue weighted by atomic mass is 32.1. The van der Waals surface area contributed by atoms with Crippen LogP contribution in [0.4, 0.5) is 0 Å². The van der Waals surface area contributed by atoms with E-state index in [4.69, 9.17) is 10.8 Å². The number of aromatic carboxylic acids is 1. The van der Waals surface area contributed by atoms with Crippen molar-refractivity contribution in [3.63, 3.8) is 0 Å². The molecule has 1 amide bonds. The van der Waals surface area contributed by atoms with Crippen LogP contribution in [0.1, 0.15) is 54.6 Å². The SMILES string of the molecule is CC(CCN)CCC(=O)NC(C)c1nc(C(=O)O)cs1. The number of carbonyl (C=O) groups excluding carboxylic acids is 1. The Labute approximate surface area is 122 Å². The summed E-state index contributed by atoms with van der Waals surface area (Å²) in [6.45, 7) is 4.51. The monoisotopic (exact) mass is 299 g/mol. The second kappa shape index (κ2) is 7.96. The highest BCUT2D eigenvalue weighted by Crippen LogP contribution is 2.18. The van der Waals surface area contributed by atoms with Crippen molar-refractivity contribution in [2.24, 2.45) is 11.7 Å². The molecule has 2 atom stereocenters. The van der Waals surface area contributed by atoms with Crippen LogP contribution >= 0.6 is 11.3 Å². The Kier molecular flexibility index (Phi) is 6.60. The van der Waals surface area contributed by atoms with Gasteiger partial charge in [0.05, 0.1) is 6.04 Å². The van der Waals surface area contributed by atoms with Crippen molar-refractivity contribution in [2.75, 3.05) is 6.54 Å². The van der Waals surface area contributed by atoms with Gasteiger partial charge in [-0.05, 0) is 32.2 Å². The third-order valence-electron chi connectivity index (χ3n) is 3.01. The fraction of sp³-hybridized carbons (Fsp3) is 0.615. The van der Waals surface area contributed by atoms with Crippen LogP contribution in [0.3, 0.4) is 0 Å². The van der Waals surface area contributed by atoms with Crippen LogP contribution in [-0.2, 0) is 4.79 Å². The van der Waals surface area contributed by atoms with E-state index in [9.17, 15) is 9.59 Å². The first-order valence-corrected chi connectivity index (χ1v) is 7.50. The van der Waals surface area contributed by atoms with Gasteiger partial charge in [0.2, 0.25) is 5.91 Å². The van der Waals surface area contributed by atoms with Crippen LogP contribution < -0.4 is 11.1 Å². The molecule has 0 aliphatic heterocycles. The lowest BCUT2D eigenvalue weighted by Crippen LogP contribution is -2.27. The van der Waals surface area contributed by atoms with Gasteiger partial charge in [-0.3, -0.25) is 4.79 Å². The fourth-order valence-corrected chi connectivity index (χ4v) is 2.57. The Morgan fingerprint density at radius 2 is 2.15 bits per heavy atom. The number of rotatable bonds is 8. The molecule has 7 heteroatoms. The van der Waals surface area contributed by atoms with Crippen LogP contribution in [0, 0.1) is 5.92 Å². The Bertz CT molecular complexity index is 461. The van der Waals surface area contributed by atoms with Crippen molar-refractivity contribution in [1.29, 1.82) is 0 Å². The van der Waals surface area contributed by atoms with Gasteiger partial charge in [0.25, 0.3) is 0 Å².